The average molecular weight is 1040 g/mol. The third kappa shape index (κ3) is 13.6. The molecule has 2 fully saturated rings. The summed E-state index contributed by atoms with van der Waals surface area (Å²) in [5.41, 5.74) is -2.23. The molecule has 0 saturated carbocycles. The molecule has 0 aromatic heterocycles. The van der Waals surface area contributed by atoms with E-state index in [4.69, 9.17) is 16.3 Å². The Balaban J connectivity index is 1.03. The number of piperidine rings is 1. The van der Waals surface area contributed by atoms with E-state index < -0.39 is 52.6 Å². The molecule has 2 aliphatic heterocycles. The maximum absolute atomic E-state index is 14.4. The summed E-state index contributed by atoms with van der Waals surface area (Å²) < 4.78 is 103. The zero-order valence-corrected chi connectivity index (χ0v) is 42.6. The Morgan fingerprint density at radius 1 is 0.871 bits per heavy atom. The molecule has 0 bridgehead atoms. The van der Waals surface area contributed by atoms with Crippen molar-refractivity contribution in [2.45, 2.75) is 71.9 Å². The van der Waals surface area contributed by atoms with Gasteiger partial charge in [-0.05, 0) is 140 Å². The van der Waals surface area contributed by atoms with E-state index in [1.807, 2.05) is 78.9 Å². The normalized spacial score (nSPS) is 17.4. The first-order chi connectivity index (χ1) is 33.4. The molecule has 0 radical (unpaired) electrons. The Labute approximate surface area is 420 Å². The molecule has 3 atom stereocenters. The first-order valence-electron chi connectivity index (χ1n) is 23.8. The molecule has 0 amide bonds. The van der Waals surface area contributed by atoms with Gasteiger partial charge in [-0.1, -0.05) is 86.1 Å². The van der Waals surface area contributed by atoms with Gasteiger partial charge in [0.1, 0.15) is 5.75 Å². The van der Waals surface area contributed by atoms with E-state index in [1.165, 1.54) is 23.9 Å². The van der Waals surface area contributed by atoms with Crippen LogP contribution in [-0.2, 0) is 30.8 Å². The molecule has 2 heterocycles. The number of aliphatic hydroxyl groups is 1. The number of benzene rings is 5. The monoisotopic (exact) mass is 1040 g/mol. The van der Waals surface area contributed by atoms with Gasteiger partial charge in [-0.3, -0.25) is 9.69 Å². The standard InChI is InChI=1S/C53H61ClF3N3O7S3/c1-3-58(4-2)34-45-35-59(30-31-67-45)27-24-38(36-68-46-10-6-5-7-11-46)32-42-18-23-47(33-51(42)70(65,66)53(55,56)57)69(63,64)37-50(61)40-16-21-44(22-17-40)60-28-25-41(26-29-60)52(62)49-13-9-8-12-48(49)39-14-19-43(54)20-15-39/h5-23,33,38,41,45,52,62H,3-4,24-32,34-37H2,1-2H3/t38-,45?,52+/m0/s1. The number of morpholine rings is 1. The van der Waals surface area contributed by atoms with Crippen molar-refractivity contribution in [3.63, 3.8) is 0 Å². The van der Waals surface area contributed by atoms with E-state index in [0.717, 1.165) is 59.0 Å². The molecule has 70 heavy (non-hydrogen) atoms. The van der Waals surface area contributed by atoms with Crippen LogP contribution in [-0.4, -0.2) is 120 Å². The molecule has 376 valence electrons. The average Bonchev–Trinajstić information content (AvgIpc) is 3.36. The van der Waals surface area contributed by atoms with Gasteiger partial charge in [-0.15, -0.1) is 11.8 Å². The van der Waals surface area contributed by atoms with Crippen LogP contribution in [0.2, 0.25) is 5.02 Å². The highest BCUT2D eigenvalue weighted by Gasteiger charge is 2.48. The highest BCUT2D eigenvalue weighted by molar-refractivity contribution is 7.99. The van der Waals surface area contributed by atoms with Crippen LogP contribution in [0.3, 0.4) is 0 Å². The van der Waals surface area contributed by atoms with Crippen molar-refractivity contribution in [1.82, 2.24) is 9.80 Å². The van der Waals surface area contributed by atoms with Gasteiger partial charge >= 0.3 is 5.51 Å². The predicted octanol–water partition coefficient (Wildman–Crippen LogP) is 10.3. The number of likely N-dealkylation sites (N-methyl/N-ethyl adjacent to an activating group) is 1. The van der Waals surface area contributed by atoms with Crippen molar-refractivity contribution in [1.29, 1.82) is 0 Å². The molecule has 5 aromatic rings. The van der Waals surface area contributed by atoms with Crippen molar-refractivity contribution in [2.24, 2.45) is 11.8 Å². The summed E-state index contributed by atoms with van der Waals surface area (Å²) in [6.07, 6.45) is 1.18. The Morgan fingerprint density at radius 2 is 1.54 bits per heavy atom. The number of Topliss-reactive ketones (excluding diaryl/α,β-unsaturated/α-hetero) is 1. The van der Waals surface area contributed by atoms with Crippen molar-refractivity contribution in [3.05, 3.63) is 143 Å². The first-order valence-corrected chi connectivity index (χ1v) is 28.3. The number of aliphatic hydroxyl groups excluding tert-OH is 1. The van der Waals surface area contributed by atoms with Gasteiger partial charge in [-0.25, -0.2) is 16.8 Å². The fourth-order valence-electron chi connectivity index (χ4n) is 9.36. The van der Waals surface area contributed by atoms with Crippen LogP contribution in [0.15, 0.2) is 136 Å². The number of halogens is 4. The van der Waals surface area contributed by atoms with Crippen molar-refractivity contribution in [3.8, 4) is 11.1 Å². The highest BCUT2D eigenvalue weighted by atomic mass is 35.5. The molecule has 0 spiro atoms. The van der Waals surface area contributed by atoms with Crippen LogP contribution in [0.5, 0.6) is 0 Å². The zero-order valence-electron chi connectivity index (χ0n) is 39.4. The minimum atomic E-state index is -6.01. The smallest absolute Gasteiger partial charge is 0.388 e. The number of alkyl halides is 3. The van der Waals surface area contributed by atoms with E-state index >= 15 is 0 Å². The van der Waals surface area contributed by atoms with Crippen LogP contribution in [0.1, 0.15) is 60.7 Å². The van der Waals surface area contributed by atoms with Gasteiger partial charge in [0, 0.05) is 59.6 Å². The SMILES string of the molecule is CCN(CC)CC1CN(CC[C@H](CSc2ccccc2)Cc2ccc(S(=O)(=O)CC(=O)c3ccc(N4CCC([C@@H](O)c5ccccc5-c5ccc(Cl)cc5)CC4)cc3)cc2S(=O)(=O)C(F)(F)F)CCO1. The van der Waals surface area contributed by atoms with Crippen LogP contribution in [0.4, 0.5) is 18.9 Å². The van der Waals surface area contributed by atoms with E-state index in [0.29, 0.717) is 75.4 Å². The van der Waals surface area contributed by atoms with Crippen LogP contribution in [0.25, 0.3) is 11.1 Å². The third-order valence-corrected chi connectivity index (χ3v) is 18.1. The number of nitrogens with zero attached hydrogens (tertiary/aromatic N) is 3. The molecule has 2 saturated heterocycles. The Bertz CT molecular complexity index is 2740. The number of hydrogen-bond acceptors (Lipinski definition) is 11. The van der Waals surface area contributed by atoms with Gasteiger partial charge < -0.3 is 19.6 Å². The second-order valence-corrected chi connectivity index (χ2v) is 23.5. The number of ether oxygens (including phenoxy) is 1. The number of hydrogen-bond donors (Lipinski definition) is 1. The van der Waals surface area contributed by atoms with Crippen LogP contribution < -0.4 is 4.90 Å². The summed E-state index contributed by atoms with van der Waals surface area (Å²) in [6.45, 7) is 10.5. The van der Waals surface area contributed by atoms with E-state index in [2.05, 4.69) is 28.5 Å². The minimum Gasteiger partial charge on any atom is -0.388 e. The fraction of sp³-hybridized carbons (Fsp3) is 0.415. The van der Waals surface area contributed by atoms with Crippen LogP contribution >= 0.6 is 23.4 Å². The summed E-state index contributed by atoms with van der Waals surface area (Å²) in [4.78, 5) is 19.4. The van der Waals surface area contributed by atoms with E-state index in [9.17, 15) is 39.9 Å². The lowest BCUT2D eigenvalue weighted by Crippen LogP contribution is -2.48. The quantitative estimate of drug-likeness (QED) is 0.0558. The van der Waals surface area contributed by atoms with Gasteiger partial charge in [-0.2, -0.15) is 13.2 Å². The van der Waals surface area contributed by atoms with Crippen LogP contribution in [0, 0.1) is 11.8 Å². The topological polar surface area (TPSA) is 125 Å². The highest BCUT2D eigenvalue weighted by Crippen LogP contribution is 2.39. The number of carbonyl (C=O) groups excluding carboxylic acids is 1. The lowest BCUT2D eigenvalue weighted by atomic mass is 9.84. The summed E-state index contributed by atoms with van der Waals surface area (Å²) in [5.74, 6) is -1.70. The molecule has 2 aliphatic rings. The molecule has 17 heteroatoms. The Hall–Kier alpha value is -4.26. The summed E-state index contributed by atoms with van der Waals surface area (Å²) in [5, 5.41) is 12.2. The second-order valence-electron chi connectivity index (χ2n) is 18.1. The fourth-order valence-corrected chi connectivity index (χ4v) is 12.9. The number of anilines is 1. The predicted molar refractivity (Wildman–Crippen MR) is 272 cm³/mol. The van der Waals surface area contributed by atoms with Gasteiger partial charge in [0.05, 0.1) is 28.6 Å². The third-order valence-electron chi connectivity index (χ3n) is 13.5. The second kappa shape index (κ2) is 24.0. The number of rotatable bonds is 21. The van der Waals surface area contributed by atoms with E-state index in [-0.39, 0.29) is 35.5 Å². The molecular formula is C53H61ClF3N3O7S3. The largest absolute Gasteiger partial charge is 0.501 e. The summed E-state index contributed by atoms with van der Waals surface area (Å²) in [6, 6.07) is 34.1. The minimum absolute atomic E-state index is 0.00247. The number of carbonyl (C=O) groups is 1. The molecule has 1 N–H and O–H groups in total. The first kappa shape index (κ1) is 53.5. The zero-order chi connectivity index (χ0) is 50.1. The number of sulfone groups is 2. The van der Waals surface area contributed by atoms with Gasteiger partial charge in [0.2, 0.25) is 0 Å². The lowest BCUT2D eigenvalue weighted by molar-refractivity contribution is -0.0436. The molecule has 1 unspecified atom stereocenters. The summed E-state index contributed by atoms with van der Waals surface area (Å²) in [7, 11) is -10.6. The molecule has 5 aromatic carbocycles. The lowest BCUT2D eigenvalue weighted by Gasteiger charge is -2.36. The maximum atomic E-state index is 14.4. The molecule has 10 nitrogen and oxygen atoms in total. The van der Waals surface area contributed by atoms with Gasteiger partial charge in [0.25, 0.3) is 9.84 Å². The van der Waals surface area contributed by atoms with Gasteiger partial charge in [0.15, 0.2) is 15.6 Å². The number of thioether (sulfide) groups is 1. The number of ketones is 1. The van der Waals surface area contributed by atoms with Crippen molar-refractivity contribution >= 4 is 54.5 Å². The molecule has 0 aliphatic carbocycles. The molecular weight excluding hydrogens is 979 g/mol. The Morgan fingerprint density at radius 3 is 2.21 bits per heavy atom. The van der Waals surface area contributed by atoms with Crippen molar-refractivity contribution in [2.75, 3.05) is 75.4 Å². The maximum Gasteiger partial charge on any atom is 0.501 e. The van der Waals surface area contributed by atoms with E-state index in [1.54, 1.807) is 12.1 Å². The molecule has 7 rings (SSSR count). The Kier molecular flexibility index (Phi) is 18.3. The van der Waals surface area contributed by atoms with Crippen molar-refractivity contribution < 1.29 is 44.6 Å². The summed E-state index contributed by atoms with van der Waals surface area (Å²) >= 11 is 7.64.